The maximum Gasteiger partial charge on any atom is 0.343 e. The molecule has 4 rings (SSSR count). The number of ether oxygens (including phenoxy) is 3. The van der Waals surface area contributed by atoms with Crippen molar-refractivity contribution in [3.63, 3.8) is 0 Å². The molecule has 0 saturated heterocycles. The van der Waals surface area contributed by atoms with E-state index in [2.05, 4.69) is 4.74 Å². The van der Waals surface area contributed by atoms with Gasteiger partial charge in [-0.05, 0) is 30.7 Å². The van der Waals surface area contributed by atoms with E-state index in [4.69, 9.17) is 9.47 Å². The van der Waals surface area contributed by atoms with Gasteiger partial charge in [0, 0.05) is 35.8 Å². The molecule has 2 aromatic carbocycles. The van der Waals surface area contributed by atoms with Gasteiger partial charge in [-0.15, -0.1) is 0 Å². The fourth-order valence-corrected chi connectivity index (χ4v) is 3.39. The fourth-order valence-electron chi connectivity index (χ4n) is 3.39. The van der Waals surface area contributed by atoms with Crippen LogP contribution in [0, 0.1) is 6.92 Å². The normalized spacial score (nSPS) is 14.2. The van der Waals surface area contributed by atoms with Gasteiger partial charge in [0.15, 0.2) is 12.4 Å². The van der Waals surface area contributed by atoms with Crippen molar-refractivity contribution in [3.8, 4) is 11.5 Å². The largest absolute Gasteiger partial charge is 0.482 e. The highest BCUT2D eigenvalue weighted by molar-refractivity contribution is 6.16. The van der Waals surface area contributed by atoms with E-state index in [0.29, 0.717) is 17.1 Å². The molecule has 0 radical (unpaired) electrons. The lowest BCUT2D eigenvalue weighted by molar-refractivity contribution is -0.142. The standard InChI is InChI=1S/C22H19NO5/c1-13-8-15(27-12-20(24)26-3)10-18-21(13)22(25)19(28-18)9-14-11-23(2)17-7-5-4-6-16(14)17/h4-11H,12H2,1-3H3/b19-9-. The number of aryl methyl sites for hydroxylation is 2. The summed E-state index contributed by atoms with van der Waals surface area (Å²) >= 11 is 0. The van der Waals surface area contributed by atoms with Crippen molar-refractivity contribution in [2.45, 2.75) is 6.92 Å². The van der Waals surface area contributed by atoms with Crippen molar-refractivity contribution in [1.29, 1.82) is 0 Å². The summed E-state index contributed by atoms with van der Waals surface area (Å²) in [6, 6.07) is 11.3. The van der Waals surface area contributed by atoms with Gasteiger partial charge in [0.25, 0.3) is 0 Å². The number of fused-ring (bicyclic) bond motifs is 2. The molecule has 0 aliphatic carbocycles. The molecule has 6 heteroatoms. The van der Waals surface area contributed by atoms with Gasteiger partial charge in [-0.1, -0.05) is 18.2 Å². The van der Waals surface area contributed by atoms with E-state index in [-0.39, 0.29) is 18.1 Å². The van der Waals surface area contributed by atoms with Gasteiger partial charge >= 0.3 is 5.97 Å². The Hall–Kier alpha value is -3.54. The summed E-state index contributed by atoms with van der Waals surface area (Å²) in [7, 11) is 3.26. The molecule has 1 aliphatic rings. The van der Waals surface area contributed by atoms with Crippen molar-refractivity contribution >= 4 is 28.7 Å². The first-order valence-corrected chi connectivity index (χ1v) is 8.80. The van der Waals surface area contributed by atoms with Crippen molar-refractivity contribution in [1.82, 2.24) is 4.57 Å². The van der Waals surface area contributed by atoms with Crippen LogP contribution in [0.4, 0.5) is 0 Å². The zero-order valence-electron chi connectivity index (χ0n) is 15.8. The molecule has 0 saturated carbocycles. The van der Waals surface area contributed by atoms with Crippen LogP contribution in [0.3, 0.4) is 0 Å². The van der Waals surface area contributed by atoms with E-state index >= 15 is 0 Å². The lowest BCUT2D eigenvalue weighted by Gasteiger charge is -2.08. The Morgan fingerprint density at radius 1 is 1.25 bits per heavy atom. The highest BCUT2D eigenvalue weighted by Crippen LogP contribution is 2.38. The van der Waals surface area contributed by atoms with Crippen molar-refractivity contribution in [2.24, 2.45) is 7.05 Å². The average Bonchev–Trinajstić information content (AvgIpc) is 3.17. The summed E-state index contributed by atoms with van der Waals surface area (Å²) in [5, 5.41) is 1.05. The topological polar surface area (TPSA) is 66.8 Å². The van der Waals surface area contributed by atoms with Crippen LogP contribution in [0.5, 0.6) is 11.5 Å². The number of carbonyl (C=O) groups excluding carboxylic acids is 2. The molecule has 3 aromatic rings. The number of aromatic nitrogens is 1. The van der Waals surface area contributed by atoms with Gasteiger partial charge in [-0.25, -0.2) is 4.79 Å². The van der Waals surface area contributed by atoms with E-state index in [9.17, 15) is 9.59 Å². The molecule has 0 unspecified atom stereocenters. The van der Waals surface area contributed by atoms with E-state index in [1.807, 2.05) is 49.0 Å². The number of para-hydroxylation sites is 1. The van der Waals surface area contributed by atoms with Gasteiger partial charge in [0.2, 0.25) is 5.78 Å². The summed E-state index contributed by atoms with van der Waals surface area (Å²) in [6.07, 6.45) is 3.73. The minimum Gasteiger partial charge on any atom is -0.482 e. The third-order valence-electron chi connectivity index (χ3n) is 4.74. The van der Waals surface area contributed by atoms with E-state index in [0.717, 1.165) is 22.0 Å². The molecule has 28 heavy (non-hydrogen) atoms. The van der Waals surface area contributed by atoms with Crippen LogP contribution in [0.2, 0.25) is 0 Å². The van der Waals surface area contributed by atoms with Crippen LogP contribution >= 0.6 is 0 Å². The number of esters is 1. The van der Waals surface area contributed by atoms with E-state index < -0.39 is 5.97 Å². The van der Waals surface area contributed by atoms with Crippen molar-refractivity contribution in [2.75, 3.05) is 13.7 Å². The van der Waals surface area contributed by atoms with Crippen molar-refractivity contribution < 1.29 is 23.8 Å². The predicted octanol–water partition coefficient (Wildman–Crippen LogP) is 3.65. The first-order chi connectivity index (χ1) is 13.5. The van der Waals surface area contributed by atoms with E-state index in [1.165, 1.54) is 7.11 Å². The van der Waals surface area contributed by atoms with Crippen LogP contribution in [0.1, 0.15) is 21.5 Å². The molecule has 0 N–H and O–H groups in total. The second-order valence-corrected chi connectivity index (χ2v) is 6.63. The minimum absolute atomic E-state index is 0.167. The Morgan fingerprint density at radius 2 is 2.04 bits per heavy atom. The van der Waals surface area contributed by atoms with Gasteiger partial charge in [-0.2, -0.15) is 0 Å². The van der Waals surface area contributed by atoms with Crippen molar-refractivity contribution in [3.05, 3.63) is 65.0 Å². The molecule has 0 spiro atoms. The number of carbonyl (C=O) groups is 2. The van der Waals surface area contributed by atoms with Gasteiger partial charge in [0.1, 0.15) is 11.5 Å². The Morgan fingerprint density at radius 3 is 2.82 bits per heavy atom. The van der Waals surface area contributed by atoms with Crippen LogP contribution in [0.25, 0.3) is 17.0 Å². The fraction of sp³-hybridized carbons (Fsp3) is 0.182. The van der Waals surface area contributed by atoms with Crippen LogP contribution in [-0.4, -0.2) is 30.0 Å². The Labute approximate surface area is 161 Å². The van der Waals surface area contributed by atoms with Crippen LogP contribution < -0.4 is 9.47 Å². The quantitative estimate of drug-likeness (QED) is 0.513. The lowest BCUT2D eigenvalue weighted by Crippen LogP contribution is -2.12. The summed E-state index contributed by atoms with van der Waals surface area (Å²) in [6.45, 7) is 1.60. The van der Waals surface area contributed by atoms with Crippen LogP contribution in [-0.2, 0) is 16.6 Å². The third-order valence-corrected chi connectivity index (χ3v) is 4.74. The smallest absolute Gasteiger partial charge is 0.343 e. The second-order valence-electron chi connectivity index (χ2n) is 6.63. The number of allylic oxidation sites excluding steroid dienone is 1. The predicted molar refractivity (Wildman–Crippen MR) is 105 cm³/mol. The summed E-state index contributed by atoms with van der Waals surface area (Å²) < 4.78 is 17.9. The molecule has 0 fully saturated rings. The number of ketones is 1. The first-order valence-electron chi connectivity index (χ1n) is 8.80. The average molecular weight is 377 g/mol. The SMILES string of the molecule is COC(=O)COc1cc(C)c2c(c1)O/C(=C\c1cn(C)c3ccccc13)C2=O. The zero-order valence-corrected chi connectivity index (χ0v) is 15.8. The minimum atomic E-state index is -0.480. The molecule has 0 atom stereocenters. The maximum atomic E-state index is 12.9. The number of rotatable bonds is 4. The number of methoxy groups -OCH3 is 1. The third kappa shape index (κ3) is 3.03. The van der Waals surface area contributed by atoms with E-state index in [1.54, 1.807) is 18.2 Å². The second kappa shape index (κ2) is 6.88. The van der Waals surface area contributed by atoms with Gasteiger partial charge in [-0.3, -0.25) is 4.79 Å². The number of hydrogen-bond donors (Lipinski definition) is 0. The molecule has 142 valence electrons. The summed E-state index contributed by atoms with van der Waals surface area (Å²) in [5.74, 6) is 0.489. The zero-order chi connectivity index (χ0) is 19.8. The Kier molecular flexibility index (Phi) is 4.39. The highest BCUT2D eigenvalue weighted by atomic mass is 16.6. The summed E-state index contributed by atoms with van der Waals surface area (Å²) in [5.41, 5.74) is 3.22. The first kappa shape index (κ1) is 17.9. The number of benzene rings is 2. The maximum absolute atomic E-state index is 12.9. The molecule has 6 nitrogen and oxygen atoms in total. The number of Topliss-reactive ketones (excluding diaryl/α,β-unsaturated/α-hetero) is 1. The molecular formula is C22H19NO5. The Balaban J connectivity index is 1.67. The molecular weight excluding hydrogens is 358 g/mol. The molecule has 0 bridgehead atoms. The molecule has 1 aliphatic heterocycles. The lowest BCUT2D eigenvalue weighted by atomic mass is 10.0. The molecule has 2 heterocycles. The van der Waals surface area contributed by atoms with Crippen LogP contribution in [0.15, 0.2) is 48.4 Å². The van der Waals surface area contributed by atoms with Gasteiger partial charge < -0.3 is 18.8 Å². The number of hydrogen-bond acceptors (Lipinski definition) is 5. The van der Waals surface area contributed by atoms with Gasteiger partial charge in [0.05, 0.1) is 12.7 Å². The monoisotopic (exact) mass is 377 g/mol. The molecule has 1 aromatic heterocycles. The molecule has 0 amide bonds. The number of nitrogens with zero attached hydrogens (tertiary/aromatic N) is 1. The highest BCUT2D eigenvalue weighted by Gasteiger charge is 2.30. The summed E-state index contributed by atoms with van der Waals surface area (Å²) in [4.78, 5) is 24.2. The Bertz CT molecular complexity index is 1140.